The molecule has 1 unspecified atom stereocenters. The quantitative estimate of drug-likeness (QED) is 0.823. The number of nitrogens with one attached hydrogen (secondary N) is 1. The lowest BCUT2D eigenvalue weighted by Crippen LogP contribution is -2.51. The largest absolute Gasteiger partial charge is 0.378 e. The van der Waals surface area contributed by atoms with Crippen molar-refractivity contribution in [3.8, 4) is 0 Å². The lowest BCUT2D eigenvalue weighted by Gasteiger charge is -2.32. The maximum Gasteiger partial charge on any atom is 0.256 e. The summed E-state index contributed by atoms with van der Waals surface area (Å²) in [7, 11) is 0. The number of pyridine rings is 1. The molecule has 3 rings (SSSR count). The van der Waals surface area contributed by atoms with Crippen LogP contribution in [0, 0.1) is 0 Å². The van der Waals surface area contributed by atoms with Gasteiger partial charge >= 0.3 is 0 Å². The van der Waals surface area contributed by atoms with E-state index in [1.807, 2.05) is 0 Å². The first-order valence-corrected chi connectivity index (χ1v) is 7.53. The van der Waals surface area contributed by atoms with E-state index in [1.54, 1.807) is 9.80 Å². The Morgan fingerprint density at radius 3 is 2.64 bits per heavy atom. The van der Waals surface area contributed by atoms with Crippen molar-refractivity contribution >= 4 is 11.8 Å². The summed E-state index contributed by atoms with van der Waals surface area (Å²) in [6.45, 7) is 2.82. The number of likely N-dealkylation sites (tertiary alicyclic amines) is 1. The van der Waals surface area contributed by atoms with Crippen LogP contribution in [0.4, 0.5) is 0 Å². The second-order valence-corrected chi connectivity index (χ2v) is 5.54. The Kier molecular flexibility index (Phi) is 4.24. The van der Waals surface area contributed by atoms with Crippen LogP contribution in [-0.4, -0.2) is 65.5 Å². The molecule has 7 nitrogen and oxygen atoms in total. The van der Waals surface area contributed by atoms with E-state index in [4.69, 9.17) is 4.74 Å². The minimum atomic E-state index is -0.405. The maximum absolute atomic E-state index is 12.6. The van der Waals surface area contributed by atoms with E-state index in [-0.39, 0.29) is 17.4 Å². The number of morpholine rings is 1. The molecule has 2 aliphatic heterocycles. The van der Waals surface area contributed by atoms with Crippen molar-refractivity contribution in [2.24, 2.45) is 0 Å². The summed E-state index contributed by atoms with van der Waals surface area (Å²) in [5.74, 6) is -0.209. The molecule has 22 heavy (non-hydrogen) atoms. The average molecular weight is 305 g/mol. The molecular formula is C15H19N3O4. The van der Waals surface area contributed by atoms with Crippen LogP contribution in [0.1, 0.15) is 23.2 Å². The molecule has 1 atom stereocenters. The van der Waals surface area contributed by atoms with Crippen LogP contribution in [-0.2, 0) is 9.53 Å². The second kappa shape index (κ2) is 6.31. The molecule has 1 aromatic heterocycles. The van der Waals surface area contributed by atoms with Crippen LogP contribution < -0.4 is 5.56 Å². The number of carbonyl (C=O) groups excluding carboxylic acids is 2. The number of hydrogen-bond donors (Lipinski definition) is 1. The number of H-pyrrole nitrogens is 1. The average Bonchev–Trinajstić information content (AvgIpc) is 3.04. The third kappa shape index (κ3) is 2.89. The molecule has 0 spiro atoms. The van der Waals surface area contributed by atoms with E-state index in [2.05, 4.69) is 4.98 Å². The summed E-state index contributed by atoms with van der Waals surface area (Å²) < 4.78 is 5.26. The SMILES string of the molecule is O=C(C1CCCN1C(=O)c1ccc(=O)[nH]c1)N1CCOCC1. The molecule has 2 aliphatic rings. The van der Waals surface area contributed by atoms with Gasteiger partial charge < -0.3 is 19.5 Å². The van der Waals surface area contributed by atoms with Crippen molar-refractivity contribution in [3.05, 3.63) is 34.2 Å². The van der Waals surface area contributed by atoms with Gasteiger partial charge in [-0.15, -0.1) is 0 Å². The van der Waals surface area contributed by atoms with Crippen molar-refractivity contribution in [1.82, 2.24) is 14.8 Å². The summed E-state index contributed by atoms with van der Waals surface area (Å²) in [6, 6.07) is 2.41. The minimum Gasteiger partial charge on any atom is -0.378 e. The third-order valence-corrected chi connectivity index (χ3v) is 4.15. The molecule has 0 bridgehead atoms. The highest BCUT2D eigenvalue weighted by Crippen LogP contribution is 2.22. The Hall–Kier alpha value is -2.15. The van der Waals surface area contributed by atoms with E-state index in [0.29, 0.717) is 44.8 Å². The van der Waals surface area contributed by atoms with Crippen molar-refractivity contribution in [3.63, 3.8) is 0 Å². The number of amides is 2. The van der Waals surface area contributed by atoms with Crippen LogP contribution in [0.25, 0.3) is 0 Å². The molecule has 3 heterocycles. The molecule has 2 saturated heterocycles. The normalized spacial score (nSPS) is 21.9. The van der Waals surface area contributed by atoms with Crippen LogP contribution in [0.5, 0.6) is 0 Å². The van der Waals surface area contributed by atoms with E-state index in [1.165, 1.54) is 18.3 Å². The van der Waals surface area contributed by atoms with E-state index >= 15 is 0 Å². The lowest BCUT2D eigenvalue weighted by molar-refractivity contribution is -0.139. The number of hydrogen-bond acceptors (Lipinski definition) is 4. The number of rotatable bonds is 2. The van der Waals surface area contributed by atoms with Gasteiger partial charge in [0.05, 0.1) is 18.8 Å². The molecule has 2 fully saturated rings. The van der Waals surface area contributed by atoms with Crippen molar-refractivity contribution in [1.29, 1.82) is 0 Å². The van der Waals surface area contributed by atoms with Crippen LogP contribution in [0.3, 0.4) is 0 Å². The summed E-state index contributed by atoms with van der Waals surface area (Å²) in [5, 5.41) is 0. The highest BCUT2D eigenvalue weighted by Gasteiger charge is 2.37. The Morgan fingerprint density at radius 1 is 1.18 bits per heavy atom. The summed E-state index contributed by atoms with van der Waals surface area (Å²) in [6.07, 6.45) is 2.90. The van der Waals surface area contributed by atoms with Crippen molar-refractivity contribution in [2.75, 3.05) is 32.8 Å². The molecule has 7 heteroatoms. The molecule has 118 valence electrons. The van der Waals surface area contributed by atoms with Gasteiger partial charge in [0.15, 0.2) is 0 Å². The predicted octanol–water partition coefficient (Wildman–Crippen LogP) is -0.162. The highest BCUT2D eigenvalue weighted by molar-refractivity contribution is 5.97. The second-order valence-electron chi connectivity index (χ2n) is 5.54. The zero-order chi connectivity index (χ0) is 15.5. The van der Waals surface area contributed by atoms with Gasteiger partial charge in [-0.2, -0.15) is 0 Å². The minimum absolute atomic E-state index is 0.00132. The molecule has 1 aromatic rings. The number of nitrogens with zero attached hydrogens (tertiary/aromatic N) is 2. The standard InChI is InChI=1S/C15H19N3O4/c19-13-4-3-11(10-16-13)14(20)18-5-1-2-12(18)15(21)17-6-8-22-9-7-17/h3-4,10,12H,1-2,5-9H2,(H,16,19). The van der Waals surface area contributed by atoms with Gasteiger partial charge in [0.25, 0.3) is 5.91 Å². The van der Waals surface area contributed by atoms with Gasteiger partial charge in [0, 0.05) is 31.9 Å². The maximum atomic E-state index is 12.6. The Morgan fingerprint density at radius 2 is 1.95 bits per heavy atom. The van der Waals surface area contributed by atoms with Gasteiger partial charge in [-0.25, -0.2) is 0 Å². The fourth-order valence-electron chi connectivity index (χ4n) is 2.97. The van der Waals surface area contributed by atoms with Gasteiger partial charge in [0.2, 0.25) is 11.5 Å². The predicted molar refractivity (Wildman–Crippen MR) is 78.5 cm³/mol. The number of aromatic amines is 1. The van der Waals surface area contributed by atoms with E-state index in [9.17, 15) is 14.4 Å². The van der Waals surface area contributed by atoms with Crippen molar-refractivity contribution < 1.29 is 14.3 Å². The summed E-state index contributed by atoms with van der Waals surface area (Å²) in [4.78, 5) is 42.2. The monoisotopic (exact) mass is 305 g/mol. The fraction of sp³-hybridized carbons (Fsp3) is 0.533. The molecular weight excluding hydrogens is 286 g/mol. The Labute approximate surface area is 127 Å². The van der Waals surface area contributed by atoms with Gasteiger partial charge in [0.1, 0.15) is 6.04 Å². The number of aromatic nitrogens is 1. The fourth-order valence-corrected chi connectivity index (χ4v) is 2.97. The molecule has 0 aliphatic carbocycles. The van der Waals surface area contributed by atoms with E-state index < -0.39 is 6.04 Å². The number of ether oxygens (including phenoxy) is 1. The molecule has 0 aromatic carbocycles. The first-order chi connectivity index (χ1) is 10.7. The van der Waals surface area contributed by atoms with Crippen LogP contribution >= 0.6 is 0 Å². The number of carbonyl (C=O) groups is 2. The summed E-state index contributed by atoms with van der Waals surface area (Å²) in [5.41, 5.74) is 0.153. The van der Waals surface area contributed by atoms with E-state index in [0.717, 1.165) is 6.42 Å². The molecule has 2 amide bonds. The van der Waals surface area contributed by atoms with Crippen LogP contribution in [0.15, 0.2) is 23.1 Å². The third-order valence-electron chi connectivity index (χ3n) is 4.15. The Balaban J connectivity index is 1.74. The van der Waals surface area contributed by atoms with Gasteiger partial charge in [-0.3, -0.25) is 14.4 Å². The summed E-state index contributed by atoms with van der Waals surface area (Å²) >= 11 is 0. The molecule has 1 N–H and O–H groups in total. The first-order valence-electron chi connectivity index (χ1n) is 7.53. The van der Waals surface area contributed by atoms with Crippen LogP contribution in [0.2, 0.25) is 0 Å². The Bertz CT molecular complexity index is 601. The topological polar surface area (TPSA) is 82.7 Å². The smallest absolute Gasteiger partial charge is 0.256 e. The van der Waals surface area contributed by atoms with Crippen molar-refractivity contribution in [2.45, 2.75) is 18.9 Å². The zero-order valence-electron chi connectivity index (χ0n) is 12.3. The lowest BCUT2D eigenvalue weighted by atomic mass is 10.1. The first kappa shape index (κ1) is 14.8. The van der Waals surface area contributed by atoms with Gasteiger partial charge in [-0.1, -0.05) is 0 Å². The zero-order valence-corrected chi connectivity index (χ0v) is 12.3. The van der Waals surface area contributed by atoms with Gasteiger partial charge in [-0.05, 0) is 18.9 Å². The highest BCUT2D eigenvalue weighted by atomic mass is 16.5. The molecule has 0 radical (unpaired) electrons. The molecule has 0 saturated carbocycles.